The van der Waals surface area contributed by atoms with E-state index in [4.69, 9.17) is 5.26 Å². The number of alkyl halides is 3. The van der Waals surface area contributed by atoms with E-state index in [2.05, 4.69) is 10.6 Å². The van der Waals surface area contributed by atoms with Crippen molar-refractivity contribution in [2.24, 2.45) is 5.92 Å². The van der Waals surface area contributed by atoms with Crippen LogP contribution in [0.1, 0.15) is 30.4 Å². The van der Waals surface area contributed by atoms with E-state index in [0.717, 1.165) is 38.4 Å². The van der Waals surface area contributed by atoms with Crippen LogP contribution < -0.4 is 10.6 Å². The van der Waals surface area contributed by atoms with Gasteiger partial charge in [0.25, 0.3) is 0 Å². The molecule has 1 atom stereocenters. The third kappa shape index (κ3) is 4.36. The molecule has 1 fully saturated rings. The van der Waals surface area contributed by atoms with Crippen molar-refractivity contribution in [3.63, 3.8) is 0 Å². The van der Waals surface area contributed by atoms with E-state index < -0.39 is 11.7 Å². The highest BCUT2D eigenvalue weighted by Crippen LogP contribution is 2.33. The number of anilines is 1. The quantitative estimate of drug-likeness (QED) is 0.895. The molecule has 0 radical (unpaired) electrons. The van der Waals surface area contributed by atoms with Crippen molar-refractivity contribution in [2.75, 3.05) is 25.0 Å². The summed E-state index contributed by atoms with van der Waals surface area (Å²) in [6, 6.07) is 5.33. The third-order valence-corrected chi connectivity index (χ3v) is 3.73. The maximum Gasteiger partial charge on any atom is 0.417 e. The molecule has 6 heteroatoms. The summed E-state index contributed by atoms with van der Waals surface area (Å²) < 4.78 is 38.5. The van der Waals surface area contributed by atoms with Crippen LogP contribution in [-0.4, -0.2) is 19.6 Å². The molecular formula is C15H18F3N3. The average Bonchev–Trinajstić information content (AvgIpc) is 2.47. The van der Waals surface area contributed by atoms with Crippen LogP contribution in [0.25, 0.3) is 0 Å². The Balaban J connectivity index is 1.96. The van der Waals surface area contributed by atoms with Crippen molar-refractivity contribution in [1.29, 1.82) is 5.26 Å². The normalized spacial score (nSPS) is 19.0. The number of piperidine rings is 1. The summed E-state index contributed by atoms with van der Waals surface area (Å²) in [5, 5.41) is 15.1. The lowest BCUT2D eigenvalue weighted by Crippen LogP contribution is -2.30. The number of rotatable bonds is 4. The van der Waals surface area contributed by atoms with Gasteiger partial charge < -0.3 is 10.6 Å². The van der Waals surface area contributed by atoms with Gasteiger partial charge in [0.1, 0.15) is 0 Å². The first-order chi connectivity index (χ1) is 10.0. The van der Waals surface area contributed by atoms with E-state index >= 15 is 0 Å². The fourth-order valence-corrected chi connectivity index (χ4v) is 2.58. The zero-order valence-corrected chi connectivity index (χ0v) is 11.6. The van der Waals surface area contributed by atoms with Gasteiger partial charge in [-0.3, -0.25) is 0 Å². The summed E-state index contributed by atoms with van der Waals surface area (Å²) in [6.45, 7) is 2.66. The fraction of sp³-hybridized carbons (Fsp3) is 0.533. The van der Waals surface area contributed by atoms with Crippen LogP contribution in [0.15, 0.2) is 18.2 Å². The van der Waals surface area contributed by atoms with Crippen LogP contribution in [0.5, 0.6) is 0 Å². The molecule has 1 aromatic carbocycles. The van der Waals surface area contributed by atoms with Crippen LogP contribution in [-0.2, 0) is 6.18 Å². The third-order valence-electron chi connectivity index (χ3n) is 3.73. The molecule has 1 heterocycles. The predicted molar refractivity (Wildman–Crippen MR) is 74.9 cm³/mol. The monoisotopic (exact) mass is 297 g/mol. The maximum atomic E-state index is 12.8. The minimum Gasteiger partial charge on any atom is -0.385 e. The topological polar surface area (TPSA) is 47.9 Å². The number of nitrogens with zero attached hydrogens (tertiary/aromatic N) is 1. The lowest BCUT2D eigenvalue weighted by atomic mass is 9.96. The standard InChI is InChI=1S/C15H18F3N3/c16-15(17,18)14-8-13(4-3-12(14)9-19)21-7-5-11-2-1-6-20-10-11/h3-4,8,11,20-21H,1-2,5-7,10H2. The molecule has 1 aliphatic rings. The minimum atomic E-state index is -4.50. The highest BCUT2D eigenvalue weighted by atomic mass is 19.4. The lowest BCUT2D eigenvalue weighted by molar-refractivity contribution is -0.137. The van der Waals surface area contributed by atoms with Gasteiger partial charge in [-0.25, -0.2) is 0 Å². The van der Waals surface area contributed by atoms with Gasteiger partial charge in [0.05, 0.1) is 17.2 Å². The van der Waals surface area contributed by atoms with Crippen molar-refractivity contribution >= 4 is 5.69 Å². The highest BCUT2D eigenvalue weighted by molar-refractivity contribution is 5.53. The largest absolute Gasteiger partial charge is 0.417 e. The first kappa shape index (κ1) is 15.6. The van der Waals surface area contributed by atoms with Crippen LogP contribution in [0, 0.1) is 17.2 Å². The molecular weight excluding hydrogens is 279 g/mol. The van der Waals surface area contributed by atoms with Gasteiger partial charge in [-0.1, -0.05) is 0 Å². The Morgan fingerprint density at radius 1 is 1.38 bits per heavy atom. The molecule has 1 unspecified atom stereocenters. The Hall–Kier alpha value is -1.74. The van der Waals surface area contributed by atoms with E-state index in [9.17, 15) is 13.2 Å². The molecule has 0 spiro atoms. The van der Waals surface area contributed by atoms with Gasteiger partial charge in [-0.05, 0) is 56.5 Å². The first-order valence-corrected chi connectivity index (χ1v) is 7.06. The van der Waals surface area contributed by atoms with Crippen LogP contribution in [0.4, 0.5) is 18.9 Å². The molecule has 3 nitrogen and oxygen atoms in total. The number of benzene rings is 1. The van der Waals surface area contributed by atoms with Crippen molar-refractivity contribution in [3.05, 3.63) is 29.3 Å². The Morgan fingerprint density at radius 3 is 2.81 bits per heavy atom. The van der Waals surface area contributed by atoms with Crippen LogP contribution in [0.3, 0.4) is 0 Å². The summed E-state index contributed by atoms with van der Waals surface area (Å²) in [6.07, 6.45) is -1.26. The van der Waals surface area contributed by atoms with E-state index in [1.807, 2.05) is 0 Å². The second-order valence-corrected chi connectivity index (χ2v) is 5.30. The zero-order chi connectivity index (χ0) is 15.3. The van der Waals surface area contributed by atoms with E-state index in [1.165, 1.54) is 12.1 Å². The molecule has 0 aliphatic carbocycles. The molecule has 1 aromatic rings. The number of halogens is 3. The Bertz CT molecular complexity index is 514. The summed E-state index contributed by atoms with van der Waals surface area (Å²) >= 11 is 0. The molecule has 2 N–H and O–H groups in total. The molecule has 1 aliphatic heterocycles. The Labute approximate surface area is 122 Å². The fourth-order valence-electron chi connectivity index (χ4n) is 2.58. The van der Waals surface area contributed by atoms with Gasteiger partial charge in [0.2, 0.25) is 0 Å². The molecule has 0 aromatic heterocycles. The molecule has 0 saturated carbocycles. The number of nitrogens with one attached hydrogen (secondary N) is 2. The molecule has 21 heavy (non-hydrogen) atoms. The van der Waals surface area contributed by atoms with Crippen molar-refractivity contribution in [2.45, 2.75) is 25.4 Å². The van der Waals surface area contributed by atoms with Crippen molar-refractivity contribution in [3.8, 4) is 6.07 Å². The average molecular weight is 297 g/mol. The van der Waals surface area contributed by atoms with E-state index in [-0.39, 0.29) is 5.56 Å². The van der Waals surface area contributed by atoms with Crippen LogP contribution >= 0.6 is 0 Å². The second kappa shape index (κ2) is 6.81. The number of hydrogen-bond donors (Lipinski definition) is 2. The number of nitriles is 1. The van der Waals surface area contributed by atoms with E-state index in [0.29, 0.717) is 18.2 Å². The molecule has 114 valence electrons. The Morgan fingerprint density at radius 2 is 2.19 bits per heavy atom. The SMILES string of the molecule is N#Cc1ccc(NCCC2CCCNC2)cc1C(F)(F)F. The first-order valence-electron chi connectivity index (χ1n) is 7.06. The van der Waals surface area contributed by atoms with Gasteiger partial charge in [0, 0.05) is 12.2 Å². The van der Waals surface area contributed by atoms with Crippen LogP contribution in [0.2, 0.25) is 0 Å². The van der Waals surface area contributed by atoms with Gasteiger partial charge in [-0.2, -0.15) is 18.4 Å². The molecule has 1 saturated heterocycles. The Kier molecular flexibility index (Phi) is 5.07. The predicted octanol–water partition coefficient (Wildman–Crippen LogP) is 3.38. The lowest BCUT2D eigenvalue weighted by Gasteiger charge is -2.23. The van der Waals surface area contributed by atoms with Gasteiger partial charge in [0.15, 0.2) is 0 Å². The smallest absolute Gasteiger partial charge is 0.385 e. The summed E-state index contributed by atoms with van der Waals surface area (Å²) in [5.74, 6) is 0.576. The van der Waals surface area contributed by atoms with Crippen molar-refractivity contribution in [1.82, 2.24) is 5.32 Å². The van der Waals surface area contributed by atoms with E-state index in [1.54, 1.807) is 6.07 Å². The van der Waals surface area contributed by atoms with Crippen molar-refractivity contribution < 1.29 is 13.2 Å². The molecule has 0 amide bonds. The number of hydrogen-bond acceptors (Lipinski definition) is 3. The summed E-state index contributed by atoms with van der Waals surface area (Å²) in [5.41, 5.74) is -0.816. The maximum absolute atomic E-state index is 12.8. The summed E-state index contributed by atoms with van der Waals surface area (Å²) in [4.78, 5) is 0. The van der Waals surface area contributed by atoms with Gasteiger partial charge in [-0.15, -0.1) is 0 Å². The summed E-state index contributed by atoms with van der Waals surface area (Å²) in [7, 11) is 0. The zero-order valence-electron chi connectivity index (χ0n) is 11.6. The molecule has 0 bridgehead atoms. The second-order valence-electron chi connectivity index (χ2n) is 5.30. The highest BCUT2D eigenvalue weighted by Gasteiger charge is 2.33. The minimum absolute atomic E-state index is 0.343. The van der Waals surface area contributed by atoms with Gasteiger partial charge >= 0.3 is 6.18 Å². The molecule has 2 rings (SSSR count).